The van der Waals surface area contributed by atoms with E-state index in [4.69, 9.17) is 15.2 Å². The molecule has 2 aliphatic rings. The van der Waals surface area contributed by atoms with Gasteiger partial charge >= 0.3 is 11.9 Å². The highest BCUT2D eigenvalue weighted by molar-refractivity contribution is 8.04. The van der Waals surface area contributed by atoms with Crippen molar-refractivity contribution in [2.24, 2.45) is 5.73 Å². The average Bonchev–Trinajstić information content (AvgIpc) is 2.96. The second-order valence-electron chi connectivity index (χ2n) is 6.51. The number of carbonyl (C=O) groups is 3. The molecule has 0 spiro atoms. The lowest BCUT2D eigenvalue weighted by Gasteiger charge is -2.33. The van der Waals surface area contributed by atoms with Crippen LogP contribution in [-0.2, 0) is 23.9 Å². The van der Waals surface area contributed by atoms with Gasteiger partial charge in [-0.05, 0) is 26.3 Å². The van der Waals surface area contributed by atoms with Gasteiger partial charge in [-0.1, -0.05) is 41.6 Å². The van der Waals surface area contributed by atoms with E-state index in [0.717, 1.165) is 5.56 Å². The second-order valence-corrected chi connectivity index (χ2v) is 7.84. The van der Waals surface area contributed by atoms with Gasteiger partial charge in [0.2, 0.25) is 5.91 Å². The predicted molar refractivity (Wildman–Crippen MR) is 105 cm³/mol. The number of benzene rings is 1. The number of esters is 2. The summed E-state index contributed by atoms with van der Waals surface area (Å²) >= 11 is 1.23. The zero-order valence-electron chi connectivity index (χ0n) is 16.1. The Hall–Kier alpha value is -2.74. The molecule has 0 radical (unpaired) electrons. The van der Waals surface area contributed by atoms with E-state index in [0.29, 0.717) is 10.6 Å². The molecule has 0 bridgehead atoms. The molecule has 8 heteroatoms. The Morgan fingerprint density at radius 3 is 2.39 bits per heavy atom. The molecular weight excluding hydrogens is 380 g/mol. The number of rotatable bonds is 4. The third-order valence-corrected chi connectivity index (χ3v) is 5.88. The number of nitrogens with two attached hydrogens (primary N) is 1. The van der Waals surface area contributed by atoms with Gasteiger partial charge in [-0.25, -0.2) is 9.59 Å². The maximum Gasteiger partial charge on any atom is 0.338 e. The summed E-state index contributed by atoms with van der Waals surface area (Å²) in [5.41, 5.74) is 8.30. The number of methoxy groups -OCH3 is 1. The molecule has 1 aromatic carbocycles. The number of thioether (sulfide) groups is 1. The van der Waals surface area contributed by atoms with E-state index in [-0.39, 0.29) is 29.5 Å². The predicted octanol–water partition coefficient (Wildman–Crippen LogP) is 2.17. The zero-order chi connectivity index (χ0) is 20.6. The van der Waals surface area contributed by atoms with Crippen LogP contribution < -0.4 is 5.73 Å². The summed E-state index contributed by atoms with van der Waals surface area (Å²) in [5, 5.41) is -0.0334. The Labute approximate surface area is 167 Å². The van der Waals surface area contributed by atoms with Gasteiger partial charge in [-0.2, -0.15) is 0 Å². The highest BCUT2D eigenvalue weighted by Gasteiger charge is 2.48. The third-order valence-electron chi connectivity index (χ3n) is 4.70. The number of amides is 1. The van der Waals surface area contributed by atoms with Gasteiger partial charge in [0, 0.05) is 0 Å². The first kappa shape index (κ1) is 20.0. The van der Waals surface area contributed by atoms with Crippen molar-refractivity contribution >= 4 is 29.6 Å². The first-order chi connectivity index (χ1) is 13.3. The van der Waals surface area contributed by atoms with E-state index in [2.05, 4.69) is 0 Å². The van der Waals surface area contributed by atoms with Crippen LogP contribution in [0.25, 0.3) is 0 Å². The second kappa shape index (κ2) is 7.71. The Balaban J connectivity index is 2.30. The summed E-state index contributed by atoms with van der Waals surface area (Å²) in [6.45, 7) is 5.49. The van der Waals surface area contributed by atoms with Gasteiger partial charge in [-0.15, -0.1) is 0 Å². The lowest BCUT2D eigenvalue weighted by molar-refractivity contribution is -0.139. The fourth-order valence-electron chi connectivity index (χ4n) is 3.34. The van der Waals surface area contributed by atoms with Gasteiger partial charge in [0.1, 0.15) is 5.82 Å². The van der Waals surface area contributed by atoms with Crippen molar-refractivity contribution in [2.75, 3.05) is 13.7 Å². The van der Waals surface area contributed by atoms with Crippen LogP contribution >= 0.6 is 11.8 Å². The number of carbonyl (C=O) groups excluding carboxylic acids is 3. The van der Waals surface area contributed by atoms with E-state index >= 15 is 0 Å². The van der Waals surface area contributed by atoms with E-state index in [1.54, 1.807) is 13.8 Å². The quantitative estimate of drug-likeness (QED) is 0.771. The van der Waals surface area contributed by atoms with Crippen molar-refractivity contribution in [1.29, 1.82) is 0 Å². The van der Waals surface area contributed by atoms with Gasteiger partial charge < -0.3 is 15.2 Å². The van der Waals surface area contributed by atoms with E-state index in [9.17, 15) is 14.4 Å². The zero-order valence-corrected chi connectivity index (χ0v) is 17.0. The summed E-state index contributed by atoms with van der Waals surface area (Å²) in [6.07, 6.45) is 0. The molecule has 1 fully saturated rings. The molecule has 0 unspecified atom stereocenters. The molecule has 2 atom stereocenters. The molecule has 2 heterocycles. The van der Waals surface area contributed by atoms with Gasteiger partial charge in [-0.3, -0.25) is 9.69 Å². The SMILES string of the molecule is CCOC(=O)C1=C(N)N2C(=O)[C@@H](C)SC2=C(C(=O)OC)[C@H]1c1ccc(C)cc1. The maximum atomic E-state index is 12.8. The average molecular weight is 402 g/mol. The minimum Gasteiger partial charge on any atom is -0.466 e. The monoisotopic (exact) mass is 402 g/mol. The number of fused-ring (bicyclic) bond motifs is 1. The van der Waals surface area contributed by atoms with Crippen molar-refractivity contribution in [3.63, 3.8) is 0 Å². The van der Waals surface area contributed by atoms with Gasteiger partial charge in [0.25, 0.3) is 0 Å². The van der Waals surface area contributed by atoms with Crippen molar-refractivity contribution in [1.82, 2.24) is 4.90 Å². The van der Waals surface area contributed by atoms with Gasteiger partial charge in [0.05, 0.1) is 41.1 Å². The van der Waals surface area contributed by atoms with Crippen LogP contribution in [0.3, 0.4) is 0 Å². The summed E-state index contributed by atoms with van der Waals surface area (Å²) in [7, 11) is 1.27. The molecule has 3 rings (SSSR count). The Morgan fingerprint density at radius 2 is 1.82 bits per heavy atom. The summed E-state index contributed by atoms with van der Waals surface area (Å²) < 4.78 is 10.2. The van der Waals surface area contributed by atoms with Crippen LogP contribution in [-0.4, -0.2) is 41.7 Å². The molecule has 148 valence electrons. The van der Waals surface area contributed by atoms with Crippen LogP contribution in [0.4, 0.5) is 0 Å². The third kappa shape index (κ3) is 3.17. The Morgan fingerprint density at radius 1 is 1.18 bits per heavy atom. The normalized spacial score (nSPS) is 21.7. The van der Waals surface area contributed by atoms with Crippen molar-refractivity contribution in [3.05, 3.63) is 57.4 Å². The first-order valence-corrected chi connectivity index (χ1v) is 9.76. The summed E-state index contributed by atoms with van der Waals surface area (Å²) in [6, 6.07) is 7.43. The molecule has 28 heavy (non-hydrogen) atoms. The van der Waals surface area contributed by atoms with Crippen molar-refractivity contribution in [3.8, 4) is 0 Å². The highest BCUT2D eigenvalue weighted by Crippen LogP contribution is 2.49. The fourth-order valence-corrected chi connectivity index (χ4v) is 4.50. The minimum atomic E-state index is -0.788. The van der Waals surface area contributed by atoms with Gasteiger partial charge in [0.15, 0.2) is 0 Å². The molecule has 7 nitrogen and oxygen atoms in total. The van der Waals surface area contributed by atoms with E-state index in [1.165, 1.54) is 23.8 Å². The standard InChI is InChI=1S/C20H22N2O5S/c1-5-27-20(25)14-13(12-8-6-10(2)7-9-12)15(19(24)26-4)18-22(16(14)21)17(23)11(3)28-18/h6-9,11,13H,5,21H2,1-4H3/t11-,13+/m1/s1. The topological polar surface area (TPSA) is 98.9 Å². The molecule has 2 aliphatic heterocycles. The molecule has 1 aromatic rings. The van der Waals surface area contributed by atoms with Crippen molar-refractivity contribution in [2.45, 2.75) is 31.9 Å². The lowest BCUT2D eigenvalue weighted by Crippen LogP contribution is -2.40. The molecule has 1 saturated heterocycles. The van der Waals surface area contributed by atoms with E-state index < -0.39 is 23.1 Å². The molecule has 0 saturated carbocycles. The van der Waals surface area contributed by atoms with Crippen LogP contribution in [0.5, 0.6) is 0 Å². The van der Waals surface area contributed by atoms with Crippen LogP contribution in [0.1, 0.15) is 30.9 Å². The van der Waals surface area contributed by atoms with Crippen molar-refractivity contribution < 1.29 is 23.9 Å². The Kier molecular flexibility index (Phi) is 5.51. The molecular formula is C20H22N2O5S. The number of nitrogens with zero attached hydrogens (tertiary/aromatic N) is 1. The van der Waals surface area contributed by atoms with Crippen LogP contribution in [0, 0.1) is 6.92 Å². The number of ether oxygens (including phenoxy) is 2. The molecule has 2 N–H and O–H groups in total. The number of hydrogen-bond donors (Lipinski definition) is 1. The van der Waals surface area contributed by atoms with Crippen LogP contribution in [0.2, 0.25) is 0 Å². The van der Waals surface area contributed by atoms with Crippen LogP contribution in [0.15, 0.2) is 46.3 Å². The highest BCUT2D eigenvalue weighted by atomic mass is 32.2. The summed E-state index contributed by atoms with van der Waals surface area (Å²) in [4.78, 5) is 39.5. The lowest BCUT2D eigenvalue weighted by atomic mass is 9.82. The molecule has 1 amide bonds. The van der Waals surface area contributed by atoms with E-state index in [1.807, 2.05) is 31.2 Å². The molecule has 0 aliphatic carbocycles. The molecule has 0 aromatic heterocycles. The minimum absolute atomic E-state index is 0.00599. The first-order valence-electron chi connectivity index (χ1n) is 8.88. The maximum absolute atomic E-state index is 12.8. The number of hydrogen-bond acceptors (Lipinski definition) is 7. The fraction of sp³-hybridized carbons (Fsp3) is 0.350. The summed E-state index contributed by atoms with van der Waals surface area (Å²) in [5.74, 6) is -2.36. The Bertz CT molecular complexity index is 904. The smallest absolute Gasteiger partial charge is 0.338 e. The number of aryl methyl sites for hydroxylation is 1. The largest absolute Gasteiger partial charge is 0.466 e.